The fourth-order valence-corrected chi connectivity index (χ4v) is 9.82. The van der Waals surface area contributed by atoms with Crippen LogP contribution in [0.1, 0.15) is 66.7 Å². The topological polar surface area (TPSA) is 179 Å². The van der Waals surface area contributed by atoms with Crippen molar-refractivity contribution in [2.24, 2.45) is 5.92 Å². The number of amides is 5. The van der Waals surface area contributed by atoms with E-state index in [0.717, 1.165) is 43.4 Å². The van der Waals surface area contributed by atoms with Gasteiger partial charge < -0.3 is 25.0 Å². The molecule has 5 aliphatic rings. The lowest BCUT2D eigenvalue weighted by molar-refractivity contribution is -0.136. The molecule has 4 unspecified atom stereocenters. The smallest absolute Gasteiger partial charge is 0.262 e. The molecule has 6 heterocycles. The predicted molar refractivity (Wildman–Crippen MR) is 242 cm³/mol. The maximum absolute atomic E-state index is 15.7. The molecule has 4 saturated heterocycles. The normalized spacial score (nSPS) is 23.2. The van der Waals surface area contributed by atoms with E-state index in [9.17, 15) is 28.4 Å². The molecule has 4 fully saturated rings. The van der Waals surface area contributed by atoms with Crippen molar-refractivity contribution < 1.29 is 42.2 Å². The van der Waals surface area contributed by atoms with Gasteiger partial charge in [0.1, 0.15) is 41.7 Å². The van der Waals surface area contributed by atoms with Crippen molar-refractivity contribution in [1.82, 2.24) is 30.0 Å². The molecule has 0 bridgehead atoms. The fourth-order valence-electron chi connectivity index (χ4n) is 9.64. The van der Waals surface area contributed by atoms with Crippen molar-refractivity contribution in [3.63, 3.8) is 0 Å². The summed E-state index contributed by atoms with van der Waals surface area (Å²) in [6.45, 7) is 9.48. The number of aromatic nitrogens is 2. The van der Waals surface area contributed by atoms with Crippen molar-refractivity contribution in [1.29, 1.82) is 0 Å². The first-order valence-electron chi connectivity index (χ1n) is 22.3. The summed E-state index contributed by atoms with van der Waals surface area (Å²) in [5.74, 6) is -2.72. The molecule has 4 atom stereocenters. The zero-order valence-corrected chi connectivity index (χ0v) is 37.3. The van der Waals surface area contributed by atoms with Crippen molar-refractivity contribution in [3.05, 3.63) is 88.7 Å². The van der Waals surface area contributed by atoms with Gasteiger partial charge in [0.05, 0.1) is 46.3 Å². The number of anilines is 4. The minimum absolute atomic E-state index is 0.00175. The van der Waals surface area contributed by atoms with E-state index in [0.29, 0.717) is 79.0 Å². The zero-order valence-electron chi connectivity index (χ0n) is 36.5. The van der Waals surface area contributed by atoms with Crippen LogP contribution < -0.4 is 25.6 Å². The lowest BCUT2D eigenvalue weighted by Crippen LogP contribution is -2.58. The van der Waals surface area contributed by atoms with E-state index in [1.165, 1.54) is 30.6 Å². The Morgan fingerprint density at radius 3 is 2.42 bits per heavy atom. The van der Waals surface area contributed by atoms with Gasteiger partial charge in [-0.15, -0.1) is 0 Å². The van der Waals surface area contributed by atoms with Crippen LogP contribution in [0, 0.1) is 17.6 Å². The maximum atomic E-state index is 15.7. The second-order valence-electron chi connectivity index (χ2n) is 17.7. The number of imide groups is 2. The summed E-state index contributed by atoms with van der Waals surface area (Å²) in [6.07, 6.45) is 7.29. The molecule has 66 heavy (non-hydrogen) atoms. The number of hydrogen-bond acceptors (Lipinski definition) is 13. The molecule has 0 spiro atoms. The minimum Gasteiger partial charge on any atom is -0.486 e. The van der Waals surface area contributed by atoms with Crippen LogP contribution in [0.2, 0.25) is 5.02 Å². The first kappa shape index (κ1) is 45.1. The van der Waals surface area contributed by atoms with E-state index in [2.05, 4.69) is 49.6 Å². The maximum Gasteiger partial charge on any atom is 0.262 e. The van der Waals surface area contributed by atoms with Gasteiger partial charge in [0.2, 0.25) is 17.7 Å². The number of piperazine rings is 1. The van der Waals surface area contributed by atoms with Crippen LogP contribution in [-0.2, 0) is 19.1 Å². The van der Waals surface area contributed by atoms with Gasteiger partial charge in [-0.3, -0.25) is 44.0 Å². The highest BCUT2D eigenvalue weighted by Gasteiger charge is 2.46. The van der Waals surface area contributed by atoms with Gasteiger partial charge in [-0.25, -0.2) is 18.7 Å². The third-order valence-corrected chi connectivity index (χ3v) is 13.4. The molecule has 4 aromatic rings. The molecule has 0 radical (unpaired) electrons. The lowest BCUT2D eigenvalue weighted by atomic mass is 9.94. The van der Waals surface area contributed by atoms with Gasteiger partial charge in [0.25, 0.3) is 11.8 Å². The number of likely N-dealkylation sites (tertiary alicyclic amines) is 1. The van der Waals surface area contributed by atoms with Crippen LogP contribution in [0.15, 0.2) is 60.9 Å². The predicted octanol–water partition coefficient (Wildman–Crippen LogP) is 5.68. The molecule has 346 valence electrons. The van der Waals surface area contributed by atoms with E-state index in [1.807, 2.05) is 11.0 Å². The molecule has 0 saturated carbocycles. The van der Waals surface area contributed by atoms with Gasteiger partial charge in [-0.05, 0) is 88.5 Å². The number of carbonyl (C=O) groups excluding carboxylic acids is 5. The Bertz CT molecular complexity index is 2610. The molecule has 3 N–H and O–H groups in total. The summed E-state index contributed by atoms with van der Waals surface area (Å²) in [6, 6.07) is 9.33. The average Bonchev–Trinajstić information content (AvgIpc) is 3.88. The summed E-state index contributed by atoms with van der Waals surface area (Å²) in [7, 11) is 0. The number of nitrogens with one attached hydrogen (secondary N) is 3. The van der Waals surface area contributed by atoms with Gasteiger partial charge in [0.15, 0.2) is 0 Å². The van der Waals surface area contributed by atoms with E-state index in [1.54, 1.807) is 18.2 Å². The molecule has 5 aliphatic heterocycles. The molecule has 19 heteroatoms. The number of rotatable bonds is 12. The van der Waals surface area contributed by atoms with Gasteiger partial charge in [-0.1, -0.05) is 17.7 Å². The van der Waals surface area contributed by atoms with Crippen LogP contribution in [0.4, 0.5) is 31.7 Å². The highest BCUT2D eigenvalue weighted by molar-refractivity contribution is 6.31. The number of carbonyl (C=O) groups is 5. The average molecular weight is 926 g/mol. The van der Waals surface area contributed by atoms with Crippen LogP contribution in [0.25, 0.3) is 10.9 Å². The van der Waals surface area contributed by atoms with Crippen molar-refractivity contribution in [3.8, 4) is 5.75 Å². The van der Waals surface area contributed by atoms with Crippen molar-refractivity contribution in [2.45, 2.75) is 70.2 Å². The highest BCUT2D eigenvalue weighted by Crippen LogP contribution is 2.37. The Morgan fingerprint density at radius 1 is 0.955 bits per heavy atom. The van der Waals surface area contributed by atoms with Gasteiger partial charge in [-0.2, -0.15) is 0 Å². The molecule has 9 rings (SSSR count). The number of fused-ring (bicyclic) bond motifs is 2. The van der Waals surface area contributed by atoms with E-state index < -0.39 is 41.3 Å². The van der Waals surface area contributed by atoms with Crippen LogP contribution >= 0.6 is 11.6 Å². The first-order chi connectivity index (χ1) is 31.8. The third kappa shape index (κ3) is 9.45. The van der Waals surface area contributed by atoms with Crippen molar-refractivity contribution in [2.75, 3.05) is 68.0 Å². The molecular formula is C47H50ClF2N9O7. The Morgan fingerprint density at radius 2 is 1.71 bits per heavy atom. The van der Waals surface area contributed by atoms with Gasteiger partial charge >= 0.3 is 0 Å². The van der Waals surface area contributed by atoms with E-state index in [4.69, 9.17) is 21.1 Å². The second-order valence-corrected chi connectivity index (χ2v) is 18.1. The number of halogens is 3. The first-order valence-corrected chi connectivity index (χ1v) is 22.7. The van der Waals surface area contributed by atoms with Crippen LogP contribution in [0.5, 0.6) is 5.75 Å². The number of ether oxygens (including phenoxy) is 2. The fraction of sp³-hybridized carbons (Fsp3) is 0.426. The summed E-state index contributed by atoms with van der Waals surface area (Å²) in [5.41, 5.74) is 1.75. The Labute approximate surface area is 384 Å². The molecule has 0 aliphatic carbocycles. The molecule has 5 amide bonds. The Balaban J connectivity index is 0.784. The Hall–Kier alpha value is -6.08. The number of nitrogens with zero attached hydrogens (tertiary/aromatic N) is 6. The third-order valence-electron chi connectivity index (χ3n) is 13.1. The van der Waals surface area contributed by atoms with E-state index in [-0.39, 0.29) is 58.8 Å². The van der Waals surface area contributed by atoms with Crippen molar-refractivity contribution >= 4 is 74.9 Å². The molecule has 3 aromatic carbocycles. The largest absolute Gasteiger partial charge is 0.486 e. The highest BCUT2D eigenvalue weighted by atomic mass is 35.5. The molecule has 1 aromatic heterocycles. The Kier molecular flexibility index (Phi) is 13.0. The SMILES string of the molecule is CC1CN(c2cc3c(cc2F)C(=O)N(C2CCC(=O)NC2=O)C3=O)CC(C)N1CC1CCN(C/C=C/C(=O)Nc2cc3c(Nc4ccc(F)c(Cl)c4)ncnc3cc2OC2CCOC2)CC1. The monoisotopic (exact) mass is 925 g/mol. The summed E-state index contributed by atoms with van der Waals surface area (Å²) < 4.78 is 41.4. The number of benzene rings is 3. The van der Waals surface area contributed by atoms with Gasteiger partial charge in [0, 0.05) is 74.3 Å². The quantitative estimate of drug-likeness (QED) is 0.117. The summed E-state index contributed by atoms with van der Waals surface area (Å²) >= 11 is 6.02. The summed E-state index contributed by atoms with van der Waals surface area (Å²) in [5, 5.41) is 8.91. The lowest BCUT2D eigenvalue weighted by Gasteiger charge is -2.47. The summed E-state index contributed by atoms with van der Waals surface area (Å²) in [4.78, 5) is 80.7. The second kappa shape index (κ2) is 19.0. The van der Waals surface area contributed by atoms with E-state index >= 15 is 4.39 Å². The standard InChI is InChI=1S/C47H50ClF2N9O7/c1-26-21-57(40-19-32-31(17-36(40)50)46(63)59(47(32)64)39-7-8-43(61)55-45(39)62)22-27(2)58(26)23-28-9-13-56(14-10-28)12-3-4-42(60)54-38-18-33-37(20-41(38)66-30-11-15-65-24-30)51-25-52-44(33)53-29-5-6-35(49)34(48)16-29/h3-6,16-20,25-28,30,39H,7-15,21-24H2,1-2H3,(H,54,60)(H,51,52,53)(H,55,61,62)/b4-3+. The molecular weight excluding hydrogens is 876 g/mol. The number of hydrogen-bond donors (Lipinski definition) is 3. The van der Waals surface area contributed by atoms with Crippen LogP contribution in [-0.4, -0.2) is 131 Å². The van der Waals surface area contributed by atoms with Crippen LogP contribution in [0.3, 0.4) is 0 Å². The minimum atomic E-state index is -1.12. The number of piperidine rings is 2. The zero-order chi connectivity index (χ0) is 46.2. The molecule has 16 nitrogen and oxygen atoms in total.